The molecule has 4 nitrogen and oxygen atoms in total. The molecule has 12 aromatic rings. The van der Waals surface area contributed by atoms with Crippen molar-refractivity contribution in [3.8, 4) is 89.5 Å². The lowest BCUT2D eigenvalue weighted by Gasteiger charge is -2.24. The summed E-state index contributed by atoms with van der Waals surface area (Å²) in [6.45, 7) is 25.5. The van der Waals surface area contributed by atoms with Gasteiger partial charge in [-0.25, -0.2) is 18.3 Å². The molecule has 0 aliphatic heterocycles. The molecule has 12 rings (SSSR count). The molecule has 0 bridgehead atoms. The normalized spacial score (nSPS) is 16.3. The molecule has 0 aliphatic rings. The number of nitrogens with zero attached hydrogens (tertiary/aromatic N) is 4. The number of aryl methyl sites for hydroxylation is 15. The number of benzene rings is 8. The van der Waals surface area contributed by atoms with Crippen molar-refractivity contribution in [3.63, 3.8) is 0 Å². The Morgan fingerprint density at radius 3 is 0.820 bits per heavy atom. The van der Waals surface area contributed by atoms with Crippen molar-refractivity contribution in [3.05, 3.63) is 308 Å². The third-order valence-corrected chi connectivity index (χ3v) is 18.9. The van der Waals surface area contributed by atoms with Crippen LogP contribution in [-0.2, 0) is 60.1 Å². The van der Waals surface area contributed by atoms with Gasteiger partial charge in [0.15, 0.2) is 24.8 Å². The maximum absolute atomic E-state index is 9.14. The van der Waals surface area contributed by atoms with Gasteiger partial charge in [0.25, 0.3) is 0 Å². The number of pyridine rings is 4. The molecule has 111 heavy (non-hydrogen) atoms. The fourth-order valence-electron chi connectivity index (χ4n) is 13.7. The second kappa shape index (κ2) is 35.8. The summed E-state index contributed by atoms with van der Waals surface area (Å²) in [5.41, 5.74) is 17.5. The Hall–Kier alpha value is -9.64. The SMILES string of the molecule is [2H]C([2H])([2H])c1cc(C)c(-c2cc(C([2H])([2H])C(C)(C)C)c(C([2H])([2H])C(C)(C)C)c[n+]2C)cc1-c1ccccc1.[2H]C([2H])([2H])c1cc(C)c(-c2cc(C([2H])([2H])C(C)(C)C)c(C([2H])([2H])[2H])c[n+]2C)cc1-c1ccccc1.[2H]C([2H])([2H])c1cc(C)c(-c2cc(C)c(C([2H])([2H])C(C)(C)C)c[n+]2C)cc1-c1ccccc1.[2H]C([2H])([2H])c1cc(C)c(-c2cc(C)c(C([2H])([2H])C(C)C)c[n+]2C)cc1-c1ccccc1. The zero-order valence-electron chi connectivity index (χ0n) is 95.2. The summed E-state index contributed by atoms with van der Waals surface area (Å²) >= 11 is 0. The maximum atomic E-state index is 9.14. The molecule has 4 heterocycles. The highest BCUT2D eigenvalue weighted by atomic mass is 14.9. The first-order valence-electron chi connectivity index (χ1n) is 50.9. The van der Waals surface area contributed by atoms with Crippen molar-refractivity contribution in [1.82, 2.24) is 0 Å². The van der Waals surface area contributed by atoms with Gasteiger partial charge >= 0.3 is 0 Å². The highest BCUT2D eigenvalue weighted by Crippen LogP contribution is 2.39. The molecule has 0 atom stereocenters. The summed E-state index contributed by atoms with van der Waals surface area (Å²) in [5.74, 6) is -0.151. The molecule has 0 fully saturated rings. The average Bonchev–Trinajstić information content (AvgIpc) is 0.738. The van der Waals surface area contributed by atoms with Gasteiger partial charge in [0.2, 0.25) is 22.8 Å². The van der Waals surface area contributed by atoms with Crippen LogP contribution in [0.5, 0.6) is 0 Å². The monoisotopic (exact) mass is 1500 g/mol. The number of rotatable bonds is 14. The Morgan fingerprint density at radius 1 is 0.261 bits per heavy atom. The zero-order chi connectivity index (χ0) is 103. The van der Waals surface area contributed by atoms with Gasteiger partial charge in [0, 0.05) is 103 Å². The third kappa shape index (κ3) is 22.8. The van der Waals surface area contributed by atoms with Gasteiger partial charge < -0.3 is 0 Å². The van der Waals surface area contributed by atoms with Crippen LogP contribution in [0.4, 0.5) is 0 Å². The minimum atomic E-state index is -2.50. The van der Waals surface area contributed by atoms with Gasteiger partial charge in [-0.3, -0.25) is 0 Å². The van der Waals surface area contributed by atoms with Crippen molar-refractivity contribution < 1.29 is 52.5 Å². The van der Waals surface area contributed by atoms with E-state index in [0.717, 1.165) is 78.1 Å². The van der Waals surface area contributed by atoms with Crippen molar-refractivity contribution in [1.29, 1.82) is 0 Å². The smallest absolute Gasteiger partial charge is 0.201 e. The van der Waals surface area contributed by atoms with Gasteiger partial charge in [0.05, 0.1) is 0 Å². The van der Waals surface area contributed by atoms with E-state index < -0.39 is 87.8 Å². The van der Waals surface area contributed by atoms with Gasteiger partial charge in [-0.15, -0.1) is 0 Å². The molecule has 0 aliphatic carbocycles. The summed E-state index contributed by atoms with van der Waals surface area (Å²) in [6.07, 6.45) is -1.61. The predicted molar refractivity (Wildman–Crippen MR) is 477 cm³/mol. The van der Waals surface area contributed by atoms with Gasteiger partial charge in [-0.1, -0.05) is 243 Å². The van der Waals surface area contributed by atoms with Gasteiger partial charge in [-0.2, -0.15) is 0 Å². The molecule has 0 N–H and O–H groups in total. The van der Waals surface area contributed by atoms with Crippen LogP contribution in [0.25, 0.3) is 89.5 Å². The molecule has 4 aromatic heterocycles. The Labute approximate surface area is 707 Å². The van der Waals surface area contributed by atoms with Crippen molar-refractivity contribution in [2.24, 2.45) is 55.8 Å². The van der Waals surface area contributed by atoms with E-state index >= 15 is 0 Å². The fourth-order valence-corrected chi connectivity index (χ4v) is 13.7. The maximum Gasteiger partial charge on any atom is 0.212 e. The number of aromatic nitrogens is 4. The van der Waals surface area contributed by atoms with E-state index in [1.165, 1.54) is 6.20 Å². The highest BCUT2D eigenvalue weighted by Gasteiger charge is 2.28. The van der Waals surface area contributed by atoms with Crippen LogP contribution >= 0.6 is 0 Å². The van der Waals surface area contributed by atoms with Crippen molar-refractivity contribution >= 4 is 0 Å². The number of hydrogen-bond donors (Lipinski definition) is 0. The van der Waals surface area contributed by atoms with Crippen LogP contribution in [-0.4, -0.2) is 0 Å². The van der Waals surface area contributed by atoms with E-state index in [1.807, 2.05) is 323 Å². The lowest BCUT2D eigenvalue weighted by Crippen LogP contribution is -2.33. The third-order valence-electron chi connectivity index (χ3n) is 18.9. The topological polar surface area (TPSA) is 15.5 Å². The van der Waals surface area contributed by atoms with Gasteiger partial charge in [-0.05, 0) is 271 Å². The molecule has 8 aromatic carbocycles. The van der Waals surface area contributed by atoms with Crippen LogP contribution in [0.15, 0.2) is 219 Å². The molecule has 0 radical (unpaired) electrons. The van der Waals surface area contributed by atoms with E-state index in [1.54, 1.807) is 75.0 Å². The van der Waals surface area contributed by atoms with Crippen molar-refractivity contribution in [2.45, 2.75) is 205 Å². The van der Waals surface area contributed by atoms with Crippen LogP contribution in [0.1, 0.15) is 220 Å². The predicted octanol–water partition coefficient (Wildman–Crippen LogP) is 26.3. The second-order valence-corrected chi connectivity index (χ2v) is 34.0. The van der Waals surface area contributed by atoms with Crippen LogP contribution in [0.3, 0.4) is 0 Å². The Morgan fingerprint density at radius 2 is 0.514 bits per heavy atom. The number of hydrogen-bond acceptors (Lipinski definition) is 0. The van der Waals surface area contributed by atoms with E-state index in [9.17, 15) is 0 Å². The van der Waals surface area contributed by atoms with E-state index in [2.05, 4.69) is 0 Å². The summed E-state index contributed by atoms with van der Waals surface area (Å²) in [6, 6.07) is 59.7. The summed E-state index contributed by atoms with van der Waals surface area (Å²) in [7, 11) is 7.37. The molecular weight excluding hydrogens is 1340 g/mol. The lowest BCUT2D eigenvalue weighted by atomic mass is 9.81. The first-order chi connectivity index (χ1) is 61.9. The second-order valence-electron chi connectivity index (χ2n) is 34.0. The Bertz CT molecular complexity index is 6330. The van der Waals surface area contributed by atoms with Crippen LogP contribution < -0.4 is 18.3 Å². The Kier molecular flexibility index (Phi) is 18.2. The molecule has 0 amide bonds. The summed E-state index contributed by atoms with van der Waals surface area (Å²) in [5, 5.41) is 0. The quantitative estimate of drug-likeness (QED) is 0.0965. The average molecular weight is 1500 g/mol. The zero-order valence-corrected chi connectivity index (χ0v) is 70.2. The first-order valence-corrected chi connectivity index (χ1v) is 38.4. The van der Waals surface area contributed by atoms with Crippen LogP contribution in [0.2, 0.25) is 0 Å². The van der Waals surface area contributed by atoms with Crippen LogP contribution in [0, 0.1) is 103 Å². The molecule has 0 saturated heterocycles. The molecule has 0 unspecified atom stereocenters. The summed E-state index contributed by atoms with van der Waals surface area (Å²) in [4.78, 5) is 0. The lowest BCUT2D eigenvalue weighted by molar-refractivity contribution is -0.661. The van der Waals surface area contributed by atoms with E-state index in [-0.39, 0.29) is 28.2 Å². The largest absolute Gasteiger partial charge is 0.212 e. The summed E-state index contributed by atoms with van der Waals surface area (Å²) < 4.78 is 217. The molecule has 4 heteroatoms. The minimum Gasteiger partial charge on any atom is -0.201 e. The standard InChI is InChI=1S/C30H40N.2C26H32N.C25H30N/c1-21-15-22(2)27(17-26(21)23-13-11-10-12-14-23)28-16-24(18-29(3,4)5)25(20-31(28)9)19-30(6,7)8;1-18-14-25(27(7)17-22(18)16-26(4,5)6)24-15-23(19(2)13-20(24)3)21-11-9-8-10-12-21;1-18-13-19(2)24(15-23(18)21-11-9-8-10-12-21)25-14-22(16-26(4,5)6)20(3)17-27(25)7;1-17(2)12-22-16-26(6)25(14-18(22)3)24-15-23(19(4)13-20(24)5)21-10-8-7-9-11-21/h10-17,20H,18-19H2,1-9H3;2*8-15,17H,16H2,1-7H3;7-11,13-17H,12H2,1-6H3/q4*+1/i1D3,18D2,19D2;2D3,16D2;1D3,3D3,16D2;4D3,12D2. The van der Waals surface area contributed by atoms with E-state index in [0.29, 0.717) is 78.1 Å². The molecule has 578 valence electrons. The molecule has 0 spiro atoms. The van der Waals surface area contributed by atoms with Gasteiger partial charge in [0.1, 0.15) is 28.2 Å². The Balaban J connectivity index is 0.000000204. The minimum absolute atomic E-state index is 0.0382. The first kappa shape index (κ1) is 56.6. The van der Waals surface area contributed by atoms with E-state index in [4.69, 9.17) is 34.3 Å². The molecular formula is C107H134N4+4. The fraction of sp³-hybridized carbons (Fsp3) is 0.364. The van der Waals surface area contributed by atoms with Crippen molar-refractivity contribution in [2.75, 3.05) is 0 Å². The molecule has 0 saturated carbocycles. The highest BCUT2D eigenvalue weighted by molar-refractivity contribution is 5.80.